The number of amides is 2. The van der Waals surface area contributed by atoms with Crippen LogP contribution in [0.5, 0.6) is 0 Å². The summed E-state index contributed by atoms with van der Waals surface area (Å²) in [7, 11) is 0. The first-order valence-corrected chi connectivity index (χ1v) is 7.92. The number of hydrogen-bond acceptors (Lipinski definition) is 3. The molecule has 3 N–H and O–H groups in total. The van der Waals surface area contributed by atoms with Gasteiger partial charge in [0.25, 0.3) is 0 Å². The molecule has 0 spiro atoms. The third-order valence-electron chi connectivity index (χ3n) is 2.92. The van der Waals surface area contributed by atoms with Crippen LogP contribution in [0.1, 0.15) is 33.3 Å². The molecule has 0 bridgehead atoms. The summed E-state index contributed by atoms with van der Waals surface area (Å²) in [6, 6.07) is 6.76. The van der Waals surface area contributed by atoms with Gasteiger partial charge in [0.2, 0.25) is 11.8 Å². The molecule has 0 aliphatic heterocycles. The van der Waals surface area contributed by atoms with Crippen LogP contribution in [0.25, 0.3) is 0 Å². The fraction of sp³-hybridized carbons (Fsp3) is 0.467. The van der Waals surface area contributed by atoms with Crippen LogP contribution in [0, 0.1) is 0 Å². The van der Waals surface area contributed by atoms with E-state index in [1.165, 1.54) is 11.8 Å². The lowest BCUT2D eigenvalue weighted by molar-refractivity contribution is -0.130. The van der Waals surface area contributed by atoms with Crippen LogP contribution in [0.4, 0.5) is 0 Å². The number of carbonyl (C=O) groups is 2. The van der Waals surface area contributed by atoms with Gasteiger partial charge in [0.15, 0.2) is 0 Å². The van der Waals surface area contributed by atoms with Gasteiger partial charge in [-0.2, -0.15) is 0 Å². The first kappa shape index (κ1) is 17.9. The molecule has 0 radical (unpaired) electrons. The van der Waals surface area contributed by atoms with E-state index >= 15 is 0 Å². The van der Waals surface area contributed by atoms with E-state index in [0.29, 0.717) is 10.6 Å². The highest BCUT2D eigenvalue weighted by atomic mass is 35.5. The van der Waals surface area contributed by atoms with Gasteiger partial charge in [0.1, 0.15) is 5.54 Å². The van der Waals surface area contributed by atoms with Crippen molar-refractivity contribution in [1.29, 1.82) is 0 Å². The summed E-state index contributed by atoms with van der Waals surface area (Å²) in [6.07, 6.45) is 0. The Morgan fingerprint density at radius 1 is 1.29 bits per heavy atom. The molecule has 6 heteroatoms. The van der Waals surface area contributed by atoms with Crippen molar-refractivity contribution >= 4 is 35.2 Å². The predicted octanol–water partition coefficient (Wildman–Crippen LogP) is 2.69. The van der Waals surface area contributed by atoms with Crippen LogP contribution >= 0.6 is 23.4 Å². The minimum atomic E-state index is -1.28. The molecule has 2 amide bonds. The highest BCUT2D eigenvalue weighted by molar-refractivity contribution is 8.01. The number of primary amides is 1. The quantitative estimate of drug-likeness (QED) is 0.872. The number of rotatable bonds is 5. The Balaban J connectivity index is 2.92. The first-order chi connectivity index (χ1) is 9.54. The smallest absolute Gasteiger partial charge is 0.247 e. The Hall–Kier alpha value is -1.20. The van der Waals surface area contributed by atoms with Gasteiger partial charge in [-0.05, 0) is 24.6 Å². The number of nitrogens with one attached hydrogen (secondary N) is 1. The van der Waals surface area contributed by atoms with Crippen LogP contribution < -0.4 is 11.1 Å². The van der Waals surface area contributed by atoms with Crippen LogP contribution in [0.2, 0.25) is 5.02 Å². The normalized spacial score (nSPS) is 14.3. The van der Waals surface area contributed by atoms with Crippen molar-refractivity contribution in [2.45, 2.75) is 38.0 Å². The maximum absolute atomic E-state index is 12.1. The second-order valence-corrected chi connectivity index (χ2v) is 8.19. The van der Waals surface area contributed by atoms with E-state index in [1.807, 2.05) is 20.8 Å². The van der Waals surface area contributed by atoms with Gasteiger partial charge in [-0.3, -0.25) is 9.59 Å². The van der Waals surface area contributed by atoms with E-state index in [2.05, 4.69) is 5.32 Å². The fourth-order valence-electron chi connectivity index (χ4n) is 1.67. The average Bonchev–Trinajstić information content (AvgIpc) is 2.35. The molecule has 21 heavy (non-hydrogen) atoms. The molecule has 0 heterocycles. The summed E-state index contributed by atoms with van der Waals surface area (Å²) < 4.78 is -0.0312. The SMILES string of the molecule is CC(C)(C)SCC(=O)N[C@](C)(C(N)=O)c1cccc(Cl)c1. The van der Waals surface area contributed by atoms with E-state index in [-0.39, 0.29) is 16.4 Å². The summed E-state index contributed by atoms with van der Waals surface area (Å²) in [5.41, 5.74) is 4.77. The first-order valence-electron chi connectivity index (χ1n) is 6.55. The largest absolute Gasteiger partial charge is 0.367 e. The van der Waals surface area contributed by atoms with Gasteiger partial charge in [-0.1, -0.05) is 44.5 Å². The molecule has 0 saturated carbocycles. The summed E-state index contributed by atoms with van der Waals surface area (Å²) in [4.78, 5) is 23.9. The van der Waals surface area contributed by atoms with Gasteiger partial charge in [-0.15, -0.1) is 11.8 Å². The van der Waals surface area contributed by atoms with Crippen molar-refractivity contribution < 1.29 is 9.59 Å². The predicted molar refractivity (Wildman–Crippen MR) is 88.4 cm³/mol. The number of halogens is 1. The Bertz CT molecular complexity index is 543. The zero-order valence-corrected chi connectivity index (χ0v) is 14.3. The number of carbonyl (C=O) groups excluding carboxylic acids is 2. The van der Waals surface area contributed by atoms with Crippen molar-refractivity contribution in [3.63, 3.8) is 0 Å². The standard InChI is InChI=1S/C15H21ClN2O2S/c1-14(2,3)21-9-12(19)18-15(4,13(17)20)10-6-5-7-11(16)8-10/h5-8H,9H2,1-4H3,(H2,17,20)(H,18,19)/t15-/m0/s1. The fourth-order valence-corrected chi connectivity index (χ4v) is 2.50. The van der Waals surface area contributed by atoms with Gasteiger partial charge in [0, 0.05) is 9.77 Å². The lowest BCUT2D eigenvalue weighted by Gasteiger charge is -2.28. The summed E-state index contributed by atoms with van der Waals surface area (Å²) in [5.74, 6) is -0.609. The van der Waals surface area contributed by atoms with E-state index in [4.69, 9.17) is 17.3 Å². The maximum atomic E-state index is 12.1. The van der Waals surface area contributed by atoms with Crippen LogP contribution in [0.3, 0.4) is 0 Å². The summed E-state index contributed by atoms with van der Waals surface area (Å²) in [6.45, 7) is 7.65. The van der Waals surface area contributed by atoms with Crippen molar-refractivity contribution in [3.8, 4) is 0 Å². The second kappa shape index (κ2) is 6.71. The summed E-state index contributed by atoms with van der Waals surface area (Å²) in [5, 5.41) is 3.20. The molecular weight excluding hydrogens is 308 g/mol. The molecule has 1 atom stereocenters. The number of hydrogen-bond donors (Lipinski definition) is 2. The number of nitrogens with two attached hydrogens (primary N) is 1. The maximum Gasteiger partial charge on any atom is 0.247 e. The molecule has 0 aromatic heterocycles. The lowest BCUT2D eigenvalue weighted by Crippen LogP contribution is -2.53. The van der Waals surface area contributed by atoms with E-state index in [0.717, 1.165) is 0 Å². The zero-order chi connectivity index (χ0) is 16.3. The van der Waals surface area contributed by atoms with Crippen molar-refractivity contribution in [1.82, 2.24) is 5.32 Å². The average molecular weight is 329 g/mol. The second-order valence-electron chi connectivity index (χ2n) is 5.95. The third kappa shape index (κ3) is 5.25. The number of benzene rings is 1. The molecule has 4 nitrogen and oxygen atoms in total. The summed E-state index contributed by atoms with van der Waals surface area (Å²) >= 11 is 7.45. The van der Waals surface area contributed by atoms with Crippen LogP contribution in [0.15, 0.2) is 24.3 Å². The van der Waals surface area contributed by atoms with E-state index in [9.17, 15) is 9.59 Å². The van der Waals surface area contributed by atoms with Crippen LogP contribution in [-0.4, -0.2) is 22.3 Å². The van der Waals surface area contributed by atoms with Crippen LogP contribution in [-0.2, 0) is 15.1 Å². The van der Waals surface area contributed by atoms with Gasteiger partial charge in [0.05, 0.1) is 5.75 Å². The lowest BCUT2D eigenvalue weighted by atomic mass is 9.91. The molecular formula is C15H21ClN2O2S. The minimum Gasteiger partial charge on any atom is -0.367 e. The molecule has 0 unspecified atom stereocenters. The van der Waals surface area contributed by atoms with E-state index in [1.54, 1.807) is 31.2 Å². The van der Waals surface area contributed by atoms with Gasteiger partial charge < -0.3 is 11.1 Å². The Morgan fingerprint density at radius 2 is 1.90 bits per heavy atom. The molecule has 0 aliphatic rings. The Labute approximate surface area is 134 Å². The van der Waals surface area contributed by atoms with Crippen molar-refractivity contribution in [3.05, 3.63) is 34.9 Å². The third-order valence-corrected chi connectivity index (χ3v) is 4.43. The number of thioether (sulfide) groups is 1. The molecule has 1 rings (SSSR count). The molecule has 1 aromatic carbocycles. The van der Waals surface area contributed by atoms with Gasteiger partial charge in [-0.25, -0.2) is 0 Å². The monoisotopic (exact) mass is 328 g/mol. The molecule has 0 fully saturated rings. The minimum absolute atomic E-state index is 0.0312. The van der Waals surface area contributed by atoms with E-state index < -0.39 is 11.4 Å². The molecule has 116 valence electrons. The van der Waals surface area contributed by atoms with Crippen molar-refractivity contribution in [2.75, 3.05) is 5.75 Å². The zero-order valence-electron chi connectivity index (χ0n) is 12.7. The highest BCUT2D eigenvalue weighted by Crippen LogP contribution is 2.26. The van der Waals surface area contributed by atoms with Gasteiger partial charge >= 0.3 is 0 Å². The molecule has 0 aliphatic carbocycles. The molecule has 1 aromatic rings. The Kier molecular flexibility index (Phi) is 5.70. The Morgan fingerprint density at radius 3 is 2.38 bits per heavy atom. The molecule has 0 saturated heterocycles. The topological polar surface area (TPSA) is 72.2 Å². The highest BCUT2D eigenvalue weighted by Gasteiger charge is 2.35. The van der Waals surface area contributed by atoms with Crippen molar-refractivity contribution in [2.24, 2.45) is 5.73 Å².